The van der Waals surface area contributed by atoms with Crippen molar-refractivity contribution in [1.82, 2.24) is 45.3 Å². The lowest BCUT2D eigenvalue weighted by molar-refractivity contribution is 0.141. The van der Waals surface area contributed by atoms with Gasteiger partial charge >= 0.3 is 18.1 Å². The van der Waals surface area contributed by atoms with Crippen LogP contribution in [0.1, 0.15) is 185 Å². The van der Waals surface area contributed by atoms with Crippen LogP contribution in [0.25, 0.3) is 0 Å². The van der Waals surface area contributed by atoms with Crippen LogP contribution in [0.15, 0.2) is 24.8 Å². The quantitative estimate of drug-likeness (QED) is 0.0643. The zero-order valence-corrected chi connectivity index (χ0v) is 48.1. The molecule has 4 aliphatic heterocycles. The third-order valence-corrected chi connectivity index (χ3v) is 20.0. The monoisotopic (exact) mass is 1120 g/mol. The van der Waals surface area contributed by atoms with Crippen LogP contribution in [0.3, 0.4) is 0 Å². The number of rotatable bonds is 8. The number of nitriles is 1. The SMILES string of the molecule is CC1CN(C(=O)Nc2ncc(C3CCCCC3)s2)C1.CC1CNC1.N#CNC1CN(C(=O)Nc2ncc(C3CCCCC3)s2)C1.NC1CN(C(=O)Nc2ncc(C3CCCCC3)s2)C1.Nc1ncc(C2CCCCC2)s1. The van der Waals surface area contributed by atoms with Crippen molar-refractivity contribution in [2.24, 2.45) is 17.6 Å². The zero-order valence-electron chi connectivity index (χ0n) is 44.8. The van der Waals surface area contributed by atoms with E-state index in [1.54, 1.807) is 55.1 Å². The van der Waals surface area contributed by atoms with Gasteiger partial charge in [0.1, 0.15) is 0 Å². The minimum atomic E-state index is -0.129. The molecule has 12 rings (SSSR count). The number of aromatic nitrogens is 4. The maximum absolute atomic E-state index is 12.0. The predicted octanol–water partition coefficient (Wildman–Crippen LogP) is 11.5. The summed E-state index contributed by atoms with van der Waals surface area (Å²) in [6, 6.07) is 0.0270. The highest BCUT2D eigenvalue weighted by atomic mass is 32.1. The van der Waals surface area contributed by atoms with Crippen LogP contribution >= 0.6 is 45.3 Å². The van der Waals surface area contributed by atoms with Crippen LogP contribution in [0.2, 0.25) is 0 Å². The fourth-order valence-electron chi connectivity index (χ4n) is 11.0. The number of hydrogen-bond acceptors (Lipinski definition) is 16. The third-order valence-electron chi connectivity index (χ3n) is 15.8. The topological polar surface area (TPSA) is 248 Å². The summed E-state index contributed by atoms with van der Waals surface area (Å²) in [5.41, 5.74) is 11.3. The van der Waals surface area contributed by atoms with Gasteiger partial charge < -0.3 is 36.8 Å². The molecule has 9 N–H and O–H groups in total. The van der Waals surface area contributed by atoms with E-state index in [9.17, 15) is 14.4 Å². The molecule has 8 aliphatic rings. The predicted molar refractivity (Wildman–Crippen MR) is 310 cm³/mol. The standard InChI is InChI=1S/C14H19N5OS.C14H21N3OS.C13H20N4OS.C9H14N2S.C4H9N/c15-9-17-11-7-19(8-11)14(20)18-13-16-6-12(21-13)10-4-2-1-3-5-10;1-10-8-17(9-10)14(18)16-13-15-7-12(19-13)11-5-3-2-4-6-11;14-10-7-17(8-10)13(18)16-12-15-6-11(19-12)9-4-2-1-3-5-9;10-9-11-6-8(12-9)7-4-2-1-3-5-7;1-4-2-5-3-4/h6,10-11,17H,1-5,7-8H2,(H,16,18,20);7,10-11H,2-6,8-9H2,1H3,(H,15,16,18);6,9-10H,1-5,7-8,14H2,(H,15,16,18);6-7H,1-5H2,(H2,10,11);4-5H,2-3H2,1H3. The van der Waals surface area contributed by atoms with E-state index in [2.05, 4.69) is 60.4 Å². The van der Waals surface area contributed by atoms with Crippen molar-refractivity contribution in [3.8, 4) is 6.19 Å². The summed E-state index contributed by atoms with van der Waals surface area (Å²) in [7, 11) is 0. The average Bonchev–Trinajstić information content (AvgIpc) is 4.26. The highest BCUT2D eigenvalue weighted by Crippen LogP contribution is 2.40. The molecule has 18 nitrogen and oxygen atoms in total. The van der Waals surface area contributed by atoms with Crippen molar-refractivity contribution in [2.75, 3.05) is 74.0 Å². The van der Waals surface area contributed by atoms with E-state index in [4.69, 9.17) is 16.7 Å². The van der Waals surface area contributed by atoms with Gasteiger partial charge in [0.15, 0.2) is 26.7 Å². The summed E-state index contributed by atoms with van der Waals surface area (Å²) >= 11 is 6.52. The minimum absolute atomic E-state index is 0.00245. The summed E-state index contributed by atoms with van der Waals surface area (Å²) in [6.45, 7) is 11.0. The van der Waals surface area contributed by atoms with Gasteiger partial charge in [0, 0.05) is 89.6 Å². The Morgan fingerprint density at radius 2 is 0.855 bits per heavy atom. The summed E-state index contributed by atoms with van der Waals surface area (Å²) < 4.78 is 0. The molecule has 22 heteroatoms. The van der Waals surface area contributed by atoms with Crippen molar-refractivity contribution in [1.29, 1.82) is 5.26 Å². The van der Waals surface area contributed by atoms with Gasteiger partial charge in [0.2, 0.25) is 0 Å². The smallest absolute Gasteiger partial charge is 0.323 e. The van der Waals surface area contributed by atoms with Crippen molar-refractivity contribution < 1.29 is 14.4 Å². The normalized spacial score (nSPS) is 20.8. The van der Waals surface area contributed by atoms with Crippen LogP contribution in [-0.2, 0) is 0 Å². The molecule has 6 amide bonds. The van der Waals surface area contributed by atoms with Crippen LogP contribution in [-0.4, -0.2) is 117 Å². The summed E-state index contributed by atoms with van der Waals surface area (Å²) in [6.07, 6.45) is 36.0. The number of carbonyl (C=O) groups is 3. The number of nitrogens with one attached hydrogen (secondary N) is 5. The Morgan fingerprint density at radius 1 is 0.526 bits per heavy atom. The Balaban J connectivity index is 0.000000132. The minimum Gasteiger partial charge on any atom is -0.375 e. The molecule has 0 spiro atoms. The number of likely N-dealkylation sites (tertiary alicyclic amines) is 3. The van der Waals surface area contributed by atoms with Crippen LogP contribution in [0.5, 0.6) is 0 Å². The number of hydrogen-bond donors (Lipinski definition) is 7. The fourth-order valence-corrected chi connectivity index (χ4v) is 14.7. The first-order chi connectivity index (χ1) is 37.0. The van der Waals surface area contributed by atoms with Gasteiger partial charge in [-0.05, 0) is 100.0 Å². The lowest BCUT2D eigenvalue weighted by atomic mass is 9.89. The summed E-state index contributed by atoms with van der Waals surface area (Å²) in [5, 5.41) is 25.8. The van der Waals surface area contributed by atoms with Gasteiger partial charge in [-0.1, -0.05) is 90.9 Å². The second kappa shape index (κ2) is 29.4. The van der Waals surface area contributed by atoms with Crippen molar-refractivity contribution >= 4 is 84.0 Å². The average molecular weight is 1120 g/mol. The molecule has 76 heavy (non-hydrogen) atoms. The molecule has 0 aromatic carbocycles. The number of amides is 6. The Bertz CT molecular complexity index is 2340. The second-order valence-electron chi connectivity index (χ2n) is 22.2. The van der Waals surface area contributed by atoms with E-state index in [0.717, 1.165) is 35.2 Å². The molecule has 0 atom stereocenters. The molecule has 4 aromatic rings. The van der Waals surface area contributed by atoms with Crippen molar-refractivity contribution in [3.05, 3.63) is 44.3 Å². The number of carbonyl (C=O) groups excluding carboxylic acids is 3. The highest BCUT2D eigenvalue weighted by Gasteiger charge is 2.32. The molecule has 0 radical (unpaired) electrons. The van der Waals surface area contributed by atoms with Crippen molar-refractivity contribution in [2.45, 2.75) is 178 Å². The molecule has 4 aliphatic carbocycles. The summed E-state index contributed by atoms with van der Waals surface area (Å²) in [5.74, 6) is 4.29. The molecule has 0 bridgehead atoms. The number of thiazole rings is 4. The number of anilines is 4. The lowest BCUT2D eigenvalue weighted by Gasteiger charge is -2.37. The van der Waals surface area contributed by atoms with Gasteiger partial charge in [-0.25, -0.2) is 34.3 Å². The van der Waals surface area contributed by atoms with Gasteiger partial charge in [-0.15, -0.1) is 45.3 Å². The second-order valence-corrected chi connectivity index (χ2v) is 26.5. The third kappa shape index (κ3) is 17.4. The molecule has 416 valence electrons. The Hall–Kier alpha value is -4.66. The number of urea groups is 3. The van der Waals surface area contributed by atoms with Crippen LogP contribution < -0.4 is 38.1 Å². The Morgan fingerprint density at radius 3 is 1.14 bits per heavy atom. The van der Waals surface area contributed by atoms with E-state index in [1.807, 2.05) is 35.9 Å². The first kappa shape index (κ1) is 57.5. The first-order valence-electron chi connectivity index (χ1n) is 28.3. The summed E-state index contributed by atoms with van der Waals surface area (Å²) in [4.78, 5) is 63.4. The first-order valence-corrected chi connectivity index (χ1v) is 31.6. The zero-order chi connectivity index (χ0) is 53.2. The van der Waals surface area contributed by atoms with E-state index in [0.29, 0.717) is 60.1 Å². The van der Waals surface area contributed by atoms with Gasteiger partial charge in [0.05, 0.1) is 6.04 Å². The molecule has 8 heterocycles. The molecular formula is C54H83N15O3S4. The maximum atomic E-state index is 12.0. The Labute approximate surface area is 466 Å². The van der Waals surface area contributed by atoms with E-state index in [-0.39, 0.29) is 30.2 Å². The lowest BCUT2D eigenvalue weighted by Crippen LogP contribution is -2.59. The number of nitrogens with zero attached hydrogens (tertiary/aromatic N) is 8. The maximum Gasteiger partial charge on any atom is 0.323 e. The van der Waals surface area contributed by atoms with E-state index in [1.165, 1.54) is 161 Å². The number of nitrogen functional groups attached to an aromatic ring is 1. The van der Waals surface area contributed by atoms with Crippen LogP contribution in [0, 0.1) is 23.3 Å². The molecule has 4 saturated carbocycles. The molecule has 4 saturated heterocycles. The molecule has 0 unspecified atom stereocenters. The van der Waals surface area contributed by atoms with Gasteiger partial charge in [-0.3, -0.25) is 16.0 Å². The van der Waals surface area contributed by atoms with Gasteiger partial charge in [-0.2, -0.15) is 5.26 Å². The number of nitrogens with two attached hydrogens (primary N) is 2. The largest absolute Gasteiger partial charge is 0.375 e. The Kier molecular flexibility index (Phi) is 22.2. The van der Waals surface area contributed by atoms with E-state index >= 15 is 0 Å². The van der Waals surface area contributed by atoms with Crippen LogP contribution in [0.4, 0.5) is 34.9 Å². The highest BCUT2D eigenvalue weighted by molar-refractivity contribution is 7.16. The molecule has 8 fully saturated rings. The van der Waals surface area contributed by atoms with Gasteiger partial charge in [0.25, 0.3) is 0 Å². The molecule has 4 aromatic heterocycles. The molecular weight excluding hydrogens is 1030 g/mol. The fraction of sp³-hybridized carbons (Fsp3) is 0.704. The van der Waals surface area contributed by atoms with E-state index < -0.39 is 0 Å². The van der Waals surface area contributed by atoms with Crippen molar-refractivity contribution in [3.63, 3.8) is 0 Å².